The molecule has 2 rings (SSSR count). The van der Waals surface area contributed by atoms with Gasteiger partial charge in [0.2, 0.25) is 0 Å². The number of nitrogens with one attached hydrogen (secondary N) is 1. The van der Waals surface area contributed by atoms with Gasteiger partial charge < -0.3 is 15.5 Å². The maximum absolute atomic E-state index is 11.8. The molecule has 8 nitrogen and oxygen atoms in total. The Kier molecular flexibility index (Phi) is 4.39. The highest BCUT2D eigenvalue weighted by molar-refractivity contribution is 6.30. The SMILES string of the molecule is O=C(O)c1cn(CCNC(=O)c2ccc(Cl)cc2O)nn1. The summed E-state index contributed by atoms with van der Waals surface area (Å²) in [4.78, 5) is 22.4. The van der Waals surface area contributed by atoms with Gasteiger partial charge in [-0.2, -0.15) is 0 Å². The lowest BCUT2D eigenvalue weighted by atomic mass is 10.2. The van der Waals surface area contributed by atoms with Crippen molar-refractivity contribution in [3.05, 3.63) is 40.7 Å². The Bertz CT molecular complexity index is 686. The van der Waals surface area contributed by atoms with E-state index in [1.165, 1.54) is 29.1 Å². The number of hydrogen-bond donors (Lipinski definition) is 3. The van der Waals surface area contributed by atoms with Gasteiger partial charge >= 0.3 is 5.97 Å². The van der Waals surface area contributed by atoms with E-state index < -0.39 is 11.9 Å². The first-order valence-electron chi connectivity index (χ1n) is 5.87. The van der Waals surface area contributed by atoms with Crippen LogP contribution in [0.1, 0.15) is 20.8 Å². The number of carbonyl (C=O) groups excluding carboxylic acids is 1. The van der Waals surface area contributed by atoms with Crippen molar-refractivity contribution in [3.63, 3.8) is 0 Å². The zero-order chi connectivity index (χ0) is 15.4. The highest BCUT2D eigenvalue weighted by Crippen LogP contribution is 2.21. The largest absolute Gasteiger partial charge is 0.507 e. The third kappa shape index (κ3) is 3.69. The normalized spacial score (nSPS) is 10.3. The molecule has 0 fully saturated rings. The molecule has 0 aliphatic carbocycles. The first kappa shape index (κ1) is 14.8. The Morgan fingerprint density at radius 1 is 1.38 bits per heavy atom. The van der Waals surface area contributed by atoms with Crippen LogP contribution in [-0.4, -0.2) is 43.6 Å². The maximum Gasteiger partial charge on any atom is 0.358 e. The van der Waals surface area contributed by atoms with Crippen LogP contribution in [0, 0.1) is 0 Å². The summed E-state index contributed by atoms with van der Waals surface area (Å²) in [7, 11) is 0. The number of benzene rings is 1. The Hall–Kier alpha value is -2.61. The molecule has 9 heteroatoms. The Morgan fingerprint density at radius 2 is 2.14 bits per heavy atom. The van der Waals surface area contributed by atoms with Crippen molar-refractivity contribution >= 4 is 23.5 Å². The molecule has 0 aliphatic heterocycles. The molecule has 0 radical (unpaired) electrons. The molecule has 21 heavy (non-hydrogen) atoms. The average Bonchev–Trinajstić information content (AvgIpc) is 2.87. The number of halogens is 1. The highest BCUT2D eigenvalue weighted by Gasteiger charge is 2.11. The van der Waals surface area contributed by atoms with Crippen molar-refractivity contribution in [2.24, 2.45) is 0 Å². The number of phenolic OH excluding ortho intramolecular Hbond substituents is 1. The summed E-state index contributed by atoms with van der Waals surface area (Å²) in [6.07, 6.45) is 1.26. The van der Waals surface area contributed by atoms with Gasteiger partial charge in [0.05, 0.1) is 18.3 Å². The van der Waals surface area contributed by atoms with Crippen LogP contribution >= 0.6 is 11.6 Å². The Labute approximate surface area is 124 Å². The molecule has 1 aromatic heterocycles. The van der Waals surface area contributed by atoms with E-state index in [2.05, 4.69) is 15.6 Å². The first-order chi connectivity index (χ1) is 9.97. The molecule has 110 valence electrons. The van der Waals surface area contributed by atoms with Gasteiger partial charge in [-0.05, 0) is 18.2 Å². The minimum Gasteiger partial charge on any atom is -0.507 e. The summed E-state index contributed by atoms with van der Waals surface area (Å²) in [6, 6.07) is 4.17. The Morgan fingerprint density at radius 3 is 2.76 bits per heavy atom. The van der Waals surface area contributed by atoms with Crippen molar-refractivity contribution < 1.29 is 19.8 Å². The number of amides is 1. The van der Waals surface area contributed by atoms with Crippen LogP contribution in [-0.2, 0) is 6.54 Å². The fraction of sp³-hybridized carbons (Fsp3) is 0.167. The number of carboxylic acid groups (broad SMARTS) is 1. The minimum atomic E-state index is -1.17. The van der Waals surface area contributed by atoms with Crippen molar-refractivity contribution in [1.29, 1.82) is 0 Å². The van der Waals surface area contributed by atoms with Crippen LogP contribution in [0.2, 0.25) is 5.02 Å². The van der Waals surface area contributed by atoms with Gasteiger partial charge in [-0.3, -0.25) is 4.79 Å². The molecule has 1 heterocycles. The lowest BCUT2D eigenvalue weighted by Gasteiger charge is -2.06. The van der Waals surface area contributed by atoms with Crippen LogP contribution in [0.5, 0.6) is 5.75 Å². The van der Waals surface area contributed by atoms with E-state index in [0.717, 1.165) is 0 Å². The van der Waals surface area contributed by atoms with Crippen LogP contribution in [0.15, 0.2) is 24.4 Å². The van der Waals surface area contributed by atoms with Gasteiger partial charge in [-0.15, -0.1) is 5.10 Å². The number of aromatic hydroxyl groups is 1. The van der Waals surface area contributed by atoms with Gasteiger partial charge in [0, 0.05) is 11.6 Å². The zero-order valence-corrected chi connectivity index (χ0v) is 11.4. The van der Waals surface area contributed by atoms with E-state index in [4.69, 9.17) is 16.7 Å². The van der Waals surface area contributed by atoms with E-state index in [9.17, 15) is 14.7 Å². The minimum absolute atomic E-state index is 0.101. The van der Waals surface area contributed by atoms with Gasteiger partial charge in [0.25, 0.3) is 5.91 Å². The molecule has 2 aromatic rings. The second-order valence-corrected chi connectivity index (χ2v) is 4.53. The number of carboxylic acids is 1. The molecular formula is C12H11ClN4O4. The third-order valence-corrected chi connectivity index (χ3v) is 2.82. The molecule has 0 spiro atoms. The van der Waals surface area contributed by atoms with Crippen molar-refractivity contribution in [3.8, 4) is 5.75 Å². The standard InChI is InChI=1S/C12H11ClN4O4/c13-7-1-2-8(10(18)5-7)11(19)14-3-4-17-6-9(12(20)21)15-16-17/h1-2,5-6,18H,3-4H2,(H,14,19)(H,20,21). The second-order valence-electron chi connectivity index (χ2n) is 4.09. The molecule has 0 bridgehead atoms. The van der Waals surface area contributed by atoms with E-state index in [-0.39, 0.29) is 30.1 Å². The quantitative estimate of drug-likeness (QED) is 0.750. The molecule has 0 atom stereocenters. The number of rotatable bonds is 5. The second kappa shape index (κ2) is 6.23. The van der Waals surface area contributed by atoms with Crippen molar-refractivity contribution in [1.82, 2.24) is 20.3 Å². The molecule has 0 aliphatic rings. The number of phenols is 1. The fourth-order valence-electron chi connectivity index (χ4n) is 1.58. The van der Waals surface area contributed by atoms with E-state index in [1.807, 2.05) is 0 Å². The van der Waals surface area contributed by atoms with Crippen LogP contribution in [0.4, 0.5) is 0 Å². The highest BCUT2D eigenvalue weighted by atomic mass is 35.5. The van der Waals surface area contributed by atoms with E-state index in [1.54, 1.807) is 0 Å². The van der Waals surface area contributed by atoms with Gasteiger partial charge in [-0.25, -0.2) is 9.48 Å². The van der Waals surface area contributed by atoms with Gasteiger partial charge in [0.15, 0.2) is 5.69 Å². The summed E-state index contributed by atoms with van der Waals surface area (Å²) in [5.74, 6) is -1.85. The Balaban J connectivity index is 1.90. The smallest absolute Gasteiger partial charge is 0.358 e. The van der Waals surface area contributed by atoms with Gasteiger partial charge in [-0.1, -0.05) is 16.8 Å². The zero-order valence-electron chi connectivity index (χ0n) is 10.7. The summed E-state index contributed by atoms with van der Waals surface area (Å²) in [6.45, 7) is 0.448. The summed E-state index contributed by atoms with van der Waals surface area (Å²) in [5, 5.41) is 28.2. The molecule has 1 aromatic carbocycles. The van der Waals surface area contributed by atoms with E-state index >= 15 is 0 Å². The van der Waals surface area contributed by atoms with Crippen LogP contribution in [0.25, 0.3) is 0 Å². The molecule has 3 N–H and O–H groups in total. The van der Waals surface area contributed by atoms with Crippen molar-refractivity contribution in [2.75, 3.05) is 6.54 Å². The number of aromatic carboxylic acids is 1. The monoisotopic (exact) mass is 310 g/mol. The lowest BCUT2D eigenvalue weighted by Crippen LogP contribution is -2.27. The molecule has 1 amide bonds. The number of aromatic nitrogens is 3. The molecule has 0 saturated heterocycles. The number of nitrogens with zero attached hydrogens (tertiary/aromatic N) is 3. The predicted octanol–water partition coefficient (Wildman–Crippen LogP) is 0.765. The lowest BCUT2D eigenvalue weighted by molar-refractivity contribution is 0.0690. The van der Waals surface area contributed by atoms with E-state index in [0.29, 0.717) is 5.02 Å². The number of hydrogen-bond acceptors (Lipinski definition) is 5. The maximum atomic E-state index is 11.8. The topological polar surface area (TPSA) is 117 Å². The summed E-state index contributed by atoms with van der Waals surface area (Å²) >= 11 is 5.68. The van der Waals surface area contributed by atoms with Gasteiger partial charge in [0.1, 0.15) is 5.75 Å². The first-order valence-corrected chi connectivity index (χ1v) is 6.25. The predicted molar refractivity (Wildman–Crippen MR) is 72.4 cm³/mol. The summed E-state index contributed by atoms with van der Waals surface area (Å²) in [5.41, 5.74) is -0.0686. The average molecular weight is 311 g/mol. The molecule has 0 saturated carbocycles. The molecular weight excluding hydrogens is 300 g/mol. The summed E-state index contributed by atoms with van der Waals surface area (Å²) < 4.78 is 1.30. The van der Waals surface area contributed by atoms with Crippen LogP contribution < -0.4 is 5.32 Å². The number of carbonyl (C=O) groups is 2. The third-order valence-electron chi connectivity index (χ3n) is 2.59. The fourth-order valence-corrected chi connectivity index (χ4v) is 1.75. The van der Waals surface area contributed by atoms with Crippen LogP contribution in [0.3, 0.4) is 0 Å². The molecule has 0 unspecified atom stereocenters. The van der Waals surface area contributed by atoms with Crippen molar-refractivity contribution in [2.45, 2.75) is 6.54 Å².